The molecule has 15 heavy (non-hydrogen) atoms. The summed E-state index contributed by atoms with van der Waals surface area (Å²) in [4.78, 5) is 1.36. The lowest BCUT2D eigenvalue weighted by molar-refractivity contribution is 0.522. The molecule has 0 nitrogen and oxygen atoms in total. The van der Waals surface area contributed by atoms with Crippen molar-refractivity contribution in [3.63, 3.8) is 0 Å². The van der Waals surface area contributed by atoms with Crippen LogP contribution in [0.1, 0.15) is 36.8 Å². The number of halogens is 1. The maximum atomic E-state index is 13.5. The lowest BCUT2D eigenvalue weighted by Crippen LogP contribution is -2.13. The largest absolute Gasteiger partial charge is 0.207 e. The summed E-state index contributed by atoms with van der Waals surface area (Å²) in [7, 11) is 0. The van der Waals surface area contributed by atoms with E-state index in [-0.39, 0.29) is 5.82 Å². The van der Waals surface area contributed by atoms with E-state index < -0.39 is 0 Å². The SMILES string of the molecule is Fc1ccc(SC2CCC2)c2c1CCC2. The highest BCUT2D eigenvalue weighted by Crippen LogP contribution is 2.41. The van der Waals surface area contributed by atoms with E-state index in [0.717, 1.165) is 30.1 Å². The molecule has 0 bridgehead atoms. The predicted octanol–water partition coefficient (Wildman–Crippen LogP) is 3.96. The van der Waals surface area contributed by atoms with Crippen LogP contribution in [-0.2, 0) is 12.8 Å². The molecule has 1 saturated carbocycles. The van der Waals surface area contributed by atoms with Crippen molar-refractivity contribution in [3.8, 4) is 0 Å². The predicted molar refractivity (Wildman–Crippen MR) is 61.9 cm³/mol. The molecule has 2 heteroatoms. The van der Waals surface area contributed by atoms with E-state index in [9.17, 15) is 4.39 Å². The third-order valence-electron chi connectivity index (χ3n) is 3.53. The monoisotopic (exact) mass is 222 g/mol. The summed E-state index contributed by atoms with van der Waals surface area (Å²) in [6, 6.07) is 3.65. The van der Waals surface area contributed by atoms with Crippen molar-refractivity contribution >= 4 is 11.8 Å². The third-order valence-corrected chi connectivity index (χ3v) is 4.97. The highest BCUT2D eigenvalue weighted by Gasteiger charge is 2.23. The topological polar surface area (TPSA) is 0 Å². The summed E-state index contributed by atoms with van der Waals surface area (Å²) in [5.41, 5.74) is 2.31. The van der Waals surface area contributed by atoms with Crippen LogP contribution in [0.5, 0.6) is 0 Å². The molecule has 0 atom stereocenters. The van der Waals surface area contributed by atoms with Crippen LogP contribution in [0.2, 0.25) is 0 Å². The number of rotatable bonds is 2. The van der Waals surface area contributed by atoms with Crippen LogP contribution in [0.3, 0.4) is 0 Å². The van der Waals surface area contributed by atoms with Gasteiger partial charge in [-0.2, -0.15) is 0 Å². The maximum Gasteiger partial charge on any atom is 0.126 e. The van der Waals surface area contributed by atoms with E-state index >= 15 is 0 Å². The van der Waals surface area contributed by atoms with Gasteiger partial charge in [-0.05, 0) is 55.4 Å². The molecule has 1 fully saturated rings. The summed E-state index contributed by atoms with van der Waals surface area (Å²) in [5.74, 6) is 0.0143. The molecule has 0 aliphatic heterocycles. The minimum atomic E-state index is 0.0143. The van der Waals surface area contributed by atoms with Crippen molar-refractivity contribution in [2.75, 3.05) is 0 Å². The van der Waals surface area contributed by atoms with Gasteiger partial charge in [0.05, 0.1) is 0 Å². The van der Waals surface area contributed by atoms with E-state index in [1.807, 2.05) is 17.8 Å². The molecule has 0 heterocycles. The van der Waals surface area contributed by atoms with Crippen molar-refractivity contribution in [2.45, 2.75) is 48.7 Å². The molecule has 0 amide bonds. The number of hydrogen-bond acceptors (Lipinski definition) is 1. The van der Waals surface area contributed by atoms with Crippen LogP contribution in [0.15, 0.2) is 17.0 Å². The molecule has 0 radical (unpaired) electrons. The fourth-order valence-electron chi connectivity index (χ4n) is 2.41. The molecule has 2 aliphatic carbocycles. The second-order valence-electron chi connectivity index (χ2n) is 4.53. The lowest BCUT2D eigenvalue weighted by atomic mass is 10.00. The van der Waals surface area contributed by atoms with Gasteiger partial charge in [0.15, 0.2) is 0 Å². The van der Waals surface area contributed by atoms with Gasteiger partial charge >= 0.3 is 0 Å². The first-order valence-electron chi connectivity index (χ1n) is 5.81. The Labute approximate surface area is 94.3 Å². The molecule has 0 N–H and O–H groups in total. The van der Waals surface area contributed by atoms with Crippen LogP contribution in [0.4, 0.5) is 4.39 Å². The van der Waals surface area contributed by atoms with E-state index in [4.69, 9.17) is 0 Å². The standard InChI is InChI=1S/C13H15FS/c14-12-7-8-13(15-9-3-1-4-9)11-6-2-5-10(11)12/h7-9H,1-6H2. The van der Waals surface area contributed by atoms with Gasteiger partial charge in [-0.15, -0.1) is 11.8 Å². The van der Waals surface area contributed by atoms with Gasteiger partial charge in [0.2, 0.25) is 0 Å². The zero-order chi connectivity index (χ0) is 10.3. The van der Waals surface area contributed by atoms with Crippen molar-refractivity contribution in [1.29, 1.82) is 0 Å². The average molecular weight is 222 g/mol. The van der Waals surface area contributed by atoms with Crippen LogP contribution >= 0.6 is 11.8 Å². The Kier molecular flexibility index (Phi) is 2.47. The van der Waals surface area contributed by atoms with Crippen LogP contribution < -0.4 is 0 Å². The Hall–Kier alpha value is -0.500. The summed E-state index contributed by atoms with van der Waals surface area (Å²) < 4.78 is 13.5. The quantitative estimate of drug-likeness (QED) is 0.730. The zero-order valence-corrected chi connectivity index (χ0v) is 9.58. The van der Waals surface area contributed by atoms with Gasteiger partial charge in [0.25, 0.3) is 0 Å². The molecular formula is C13H15FS. The fraction of sp³-hybridized carbons (Fsp3) is 0.538. The van der Waals surface area contributed by atoms with Crippen molar-refractivity contribution in [3.05, 3.63) is 29.1 Å². The van der Waals surface area contributed by atoms with Gasteiger partial charge in [-0.3, -0.25) is 0 Å². The first-order valence-corrected chi connectivity index (χ1v) is 6.69. The van der Waals surface area contributed by atoms with Crippen molar-refractivity contribution < 1.29 is 4.39 Å². The molecule has 0 spiro atoms. The molecule has 0 aromatic heterocycles. The minimum absolute atomic E-state index is 0.0143. The van der Waals surface area contributed by atoms with Crippen molar-refractivity contribution in [1.82, 2.24) is 0 Å². The molecule has 0 unspecified atom stereocenters. The number of benzene rings is 1. The molecular weight excluding hydrogens is 207 g/mol. The molecule has 1 aromatic carbocycles. The number of fused-ring (bicyclic) bond motifs is 1. The van der Waals surface area contributed by atoms with Gasteiger partial charge in [-0.25, -0.2) is 4.39 Å². The Bertz CT molecular complexity index is 382. The number of hydrogen-bond donors (Lipinski definition) is 0. The van der Waals surface area contributed by atoms with Crippen LogP contribution in [-0.4, -0.2) is 5.25 Å². The van der Waals surface area contributed by atoms with Gasteiger partial charge < -0.3 is 0 Å². The van der Waals surface area contributed by atoms with Gasteiger partial charge in [0.1, 0.15) is 5.82 Å². The fourth-order valence-corrected chi connectivity index (χ4v) is 3.85. The normalized spacial score (nSPS) is 20.1. The highest BCUT2D eigenvalue weighted by molar-refractivity contribution is 8.00. The average Bonchev–Trinajstić information content (AvgIpc) is 2.63. The third kappa shape index (κ3) is 1.69. The zero-order valence-electron chi connectivity index (χ0n) is 8.76. The Balaban J connectivity index is 1.90. The van der Waals surface area contributed by atoms with Crippen molar-refractivity contribution in [2.24, 2.45) is 0 Å². The molecule has 1 aromatic rings. The molecule has 80 valence electrons. The van der Waals surface area contributed by atoms with Gasteiger partial charge in [-0.1, -0.05) is 6.42 Å². The highest BCUT2D eigenvalue weighted by atomic mass is 32.2. The molecule has 3 rings (SSSR count). The first-order chi connectivity index (χ1) is 7.34. The lowest BCUT2D eigenvalue weighted by Gasteiger charge is -2.25. The Morgan fingerprint density at radius 2 is 1.87 bits per heavy atom. The second kappa shape index (κ2) is 3.82. The van der Waals surface area contributed by atoms with Crippen LogP contribution in [0, 0.1) is 5.82 Å². The van der Waals surface area contributed by atoms with E-state index in [1.165, 1.54) is 29.7 Å². The summed E-state index contributed by atoms with van der Waals surface area (Å²) >= 11 is 1.98. The minimum Gasteiger partial charge on any atom is -0.207 e. The summed E-state index contributed by atoms with van der Waals surface area (Å²) in [5, 5.41) is 0.806. The van der Waals surface area contributed by atoms with E-state index in [0.29, 0.717) is 0 Å². The Morgan fingerprint density at radius 1 is 1.07 bits per heavy atom. The van der Waals surface area contributed by atoms with Crippen LogP contribution in [0.25, 0.3) is 0 Å². The smallest absolute Gasteiger partial charge is 0.126 e. The summed E-state index contributed by atoms with van der Waals surface area (Å²) in [6.45, 7) is 0. The maximum absolute atomic E-state index is 13.5. The Morgan fingerprint density at radius 3 is 2.60 bits per heavy atom. The first kappa shape index (κ1) is 9.71. The molecule has 0 saturated heterocycles. The molecule has 2 aliphatic rings. The summed E-state index contributed by atoms with van der Waals surface area (Å²) in [6.07, 6.45) is 7.23. The van der Waals surface area contributed by atoms with Gasteiger partial charge in [0, 0.05) is 10.1 Å². The second-order valence-corrected chi connectivity index (χ2v) is 5.87. The van der Waals surface area contributed by atoms with E-state index in [1.54, 1.807) is 6.07 Å². The van der Waals surface area contributed by atoms with E-state index in [2.05, 4.69) is 0 Å². The number of thioether (sulfide) groups is 1.